The Morgan fingerprint density at radius 3 is 2.94 bits per heavy atom. The second-order valence-electron chi connectivity index (χ2n) is 4.78. The van der Waals surface area contributed by atoms with Gasteiger partial charge in [-0.3, -0.25) is 0 Å². The first-order valence-electron chi connectivity index (χ1n) is 6.77. The summed E-state index contributed by atoms with van der Waals surface area (Å²) in [6.07, 6.45) is 2.32. The standard InChI is InChI=1S/C13H23N3O2/c1-12-10-13(15-18-12)11-17-9-3-2-6-16-7-4-14-5-8-16/h10,14H,2-9,11H2,1H3. The normalized spacial score (nSPS) is 17.2. The van der Waals surface area contributed by atoms with E-state index < -0.39 is 0 Å². The Morgan fingerprint density at radius 1 is 1.39 bits per heavy atom. The lowest BCUT2D eigenvalue weighted by atomic mass is 10.2. The number of piperazine rings is 1. The van der Waals surface area contributed by atoms with Crippen LogP contribution in [-0.2, 0) is 11.3 Å². The van der Waals surface area contributed by atoms with Gasteiger partial charge in [0, 0.05) is 38.9 Å². The van der Waals surface area contributed by atoms with Crippen molar-refractivity contribution in [1.82, 2.24) is 15.4 Å². The second kappa shape index (κ2) is 7.51. The number of hydrogen-bond acceptors (Lipinski definition) is 5. The molecular formula is C13H23N3O2. The van der Waals surface area contributed by atoms with Crippen LogP contribution in [0.1, 0.15) is 24.3 Å². The molecule has 1 aromatic heterocycles. The fourth-order valence-corrected chi connectivity index (χ4v) is 2.14. The van der Waals surface area contributed by atoms with Gasteiger partial charge in [0.1, 0.15) is 11.5 Å². The molecule has 0 saturated carbocycles. The minimum absolute atomic E-state index is 0.560. The van der Waals surface area contributed by atoms with Crippen LogP contribution in [0.25, 0.3) is 0 Å². The maximum atomic E-state index is 5.57. The first kappa shape index (κ1) is 13.5. The number of aromatic nitrogens is 1. The molecule has 0 spiro atoms. The van der Waals surface area contributed by atoms with E-state index in [4.69, 9.17) is 9.26 Å². The van der Waals surface area contributed by atoms with E-state index in [0.717, 1.165) is 37.6 Å². The van der Waals surface area contributed by atoms with E-state index in [1.54, 1.807) is 0 Å². The quantitative estimate of drug-likeness (QED) is 0.740. The van der Waals surface area contributed by atoms with E-state index in [-0.39, 0.29) is 0 Å². The number of hydrogen-bond donors (Lipinski definition) is 1. The summed E-state index contributed by atoms with van der Waals surface area (Å²) in [6, 6.07) is 1.92. The number of unbranched alkanes of at least 4 members (excludes halogenated alkanes) is 1. The molecule has 2 rings (SSSR count). The van der Waals surface area contributed by atoms with Gasteiger partial charge in [-0.2, -0.15) is 0 Å². The average molecular weight is 253 g/mol. The molecule has 0 bridgehead atoms. The molecule has 2 heterocycles. The van der Waals surface area contributed by atoms with Crippen LogP contribution < -0.4 is 5.32 Å². The van der Waals surface area contributed by atoms with Crippen molar-refractivity contribution >= 4 is 0 Å². The summed E-state index contributed by atoms with van der Waals surface area (Å²) in [7, 11) is 0. The zero-order valence-corrected chi connectivity index (χ0v) is 11.2. The van der Waals surface area contributed by atoms with Gasteiger partial charge in [-0.05, 0) is 26.3 Å². The molecular weight excluding hydrogens is 230 g/mol. The lowest BCUT2D eigenvalue weighted by Crippen LogP contribution is -2.43. The third kappa shape index (κ3) is 4.76. The molecule has 1 aromatic rings. The predicted octanol–water partition coefficient (Wildman–Crippen LogP) is 1.19. The lowest BCUT2D eigenvalue weighted by molar-refractivity contribution is 0.108. The molecule has 5 nitrogen and oxygen atoms in total. The number of aryl methyl sites for hydroxylation is 1. The Labute approximate surface area is 108 Å². The van der Waals surface area contributed by atoms with Gasteiger partial charge in [0.25, 0.3) is 0 Å². The Morgan fingerprint density at radius 2 is 2.22 bits per heavy atom. The largest absolute Gasteiger partial charge is 0.375 e. The highest BCUT2D eigenvalue weighted by Gasteiger charge is 2.08. The zero-order chi connectivity index (χ0) is 12.6. The van der Waals surface area contributed by atoms with Crippen LogP contribution >= 0.6 is 0 Å². The molecule has 0 unspecified atom stereocenters. The van der Waals surface area contributed by atoms with Crippen LogP contribution in [0.4, 0.5) is 0 Å². The Kier molecular flexibility index (Phi) is 5.64. The van der Waals surface area contributed by atoms with E-state index in [2.05, 4.69) is 15.4 Å². The molecule has 0 aromatic carbocycles. The maximum absolute atomic E-state index is 5.57. The topological polar surface area (TPSA) is 50.5 Å². The molecule has 1 aliphatic rings. The smallest absolute Gasteiger partial charge is 0.134 e. The number of nitrogens with zero attached hydrogens (tertiary/aromatic N) is 2. The van der Waals surface area contributed by atoms with Gasteiger partial charge in [-0.15, -0.1) is 0 Å². The van der Waals surface area contributed by atoms with E-state index in [0.29, 0.717) is 6.61 Å². The minimum Gasteiger partial charge on any atom is -0.375 e. The number of rotatable bonds is 7. The Balaban J connectivity index is 1.46. The summed E-state index contributed by atoms with van der Waals surface area (Å²) < 4.78 is 10.5. The third-order valence-corrected chi connectivity index (χ3v) is 3.15. The molecule has 1 aliphatic heterocycles. The van der Waals surface area contributed by atoms with Crippen LogP contribution in [-0.4, -0.2) is 49.4 Å². The van der Waals surface area contributed by atoms with Crippen LogP contribution in [0.15, 0.2) is 10.6 Å². The molecule has 1 fully saturated rings. The molecule has 0 atom stereocenters. The van der Waals surface area contributed by atoms with E-state index in [1.165, 1.54) is 26.1 Å². The van der Waals surface area contributed by atoms with Crippen molar-refractivity contribution in [2.24, 2.45) is 0 Å². The highest BCUT2D eigenvalue weighted by molar-refractivity contribution is 5.01. The summed E-state index contributed by atoms with van der Waals surface area (Å²) in [6.45, 7) is 9.06. The van der Waals surface area contributed by atoms with Crippen molar-refractivity contribution in [3.63, 3.8) is 0 Å². The van der Waals surface area contributed by atoms with Crippen LogP contribution in [0.2, 0.25) is 0 Å². The highest BCUT2D eigenvalue weighted by atomic mass is 16.5. The van der Waals surface area contributed by atoms with Crippen molar-refractivity contribution < 1.29 is 9.26 Å². The van der Waals surface area contributed by atoms with Gasteiger partial charge in [-0.25, -0.2) is 0 Å². The first-order chi connectivity index (χ1) is 8.84. The molecule has 1 N–H and O–H groups in total. The minimum atomic E-state index is 0.560. The molecule has 0 radical (unpaired) electrons. The van der Waals surface area contributed by atoms with E-state index >= 15 is 0 Å². The van der Waals surface area contributed by atoms with Crippen LogP contribution in [0.5, 0.6) is 0 Å². The van der Waals surface area contributed by atoms with E-state index in [9.17, 15) is 0 Å². The Hall–Kier alpha value is -0.910. The Bertz CT molecular complexity index is 335. The monoisotopic (exact) mass is 253 g/mol. The summed E-state index contributed by atoms with van der Waals surface area (Å²) in [4.78, 5) is 2.51. The van der Waals surface area contributed by atoms with Gasteiger partial charge < -0.3 is 19.5 Å². The summed E-state index contributed by atoms with van der Waals surface area (Å²) in [5.41, 5.74) is 0.884. The molecule has 18 heavy (non-hydrogen) atoms. The van der Waals surface area contributed by atoms with Crippen molar-refractivity contribution in [2.75, 3.05) is 39.3 Å². The van der Waals surface area contributed by atoms with Crippen LogP contribution in [0, 0.1) is 6.92 Å². The van der Waals surface area contributed by atoms with Crippen molar-refractivity contribution in [3.05, 3.63) is 17.5 Å². The molecule has 5 heteroatoms. The van der Waals surface area contributed by atoms with Crippen LogP contribution in [0.3, 0.4) is 0 Å². The van der Waals surface area contributed by atoms with Gasteiger partial charge in [0.2, 0.25) is 0 Å². The summed E-state index contributed by atoms with van der Waals surface area (Å²) in [5.74, 6) is 0.840. The summed E-state index contributed by atoms with van der Waals surface area (Å²) >= 11 is 0. The maximum Gasteiger partial charge on any atom is 0.134 e. The molecule has 0 amide bonds. The fraction of sp³-hybridized carbons (Fsp3) is 0.769. The summed E-state index contributed by atoms with van der Waals surface area (Å²) in [5, 5.41) is 7.26. The predicted molar refractivity (Wildman–Crippen MR) is 69.4 cm³/mol. The molecule has 102 valence electrons. The van der Waals surface area contributed by atoms with Gasteiger partial charge in [0.05, 0.1) is 6.61 Å². The number of nitrogens with one attached hydrogen (secondary N) is 1. The van der Waals surface area contributed by atoms with Gasteiger partial charge in [0.15, 0.2) is 0 Å². The zero-order valence-electron chi connectivity index (χ0n) is 11.2. The first-order valence-corrected chi connectivity index (χ1v) is 6.77. The van der Waals surface area contributed by atoms with Gasteiger partial charge >= 0.3 is 0 Å². The molecule has 1 saturated heterocycles. The highest BCUT2D eigenvalue weighted by Crippen LogP contribution is 2.04. The lowest BCUT2D eigenvalue weighted by Gasteiger charge is -2.26. The molecule has 0 aliphatic carbocycles. The third-order valence-electron chi connectivity index (χ3n) is 3.15. The van der Waals surface area contributed by atoms with Crippen molar-refractivity contribution in [1.29, 1.82) is 0 Å². The number of ether oxygens (including phenoxy) is 1. The average Bonchev–Trinajstić information content (AvgIpc) is 2.81. The van der Waals surface area contributed by atoms with Crippen molar-refractivity contribution in [3.8, 4) is 0 Å². The van der Waals surface area contributed by atoms with Gasteiger partial charge in [-0.1, -0.05) is 5.16 Å². The van der Waals surface area contributed by atoms with E-state index in [1.807, 2.05) is 13.0 Å². The second-order valence-corrected chi connectivity index (χ2v) is 4.78. The SMILES string of the molecule is Cc1cc(COCCCCN2CCNCC2)no1. The van der Waals surface area contributed by atoms with Crippen molar-refractivity contribution in [2.45, 2.75) is 26.4 Å². The fourth-order valence-electron chi connectivity index (χ4n) is 2.14.